The van der Waals surface area contributed by atoms with Crippen LogP contribution in [-0.4, -0.2) is 28.3 Å². The van der Waals surface area contributed by atoms with E-state index in [4.69, 9.17) is 9.47 Å². The zero-order valence-corrected chi connectivity index (χ0v) is 16.8. The molecule has 0 N–H and O–H groups in total. The first kappa shape index (κ1) is 21.8. The molecule has 0 radical (unpaired) electrons. The number of nitro benzene ring substituents is 1. The Morgan fingerprint density at radius 2 is 1.50 bits per heavy atom. The number of rotatable bonds is 2. The SMILES string of the molecule is CC(C)(C)OC(=O)N(C(=O)OC(C)(C)C)c1c(F)cc(Br)cc1[N+](=O)[O-]. The van der Waals surface area contributed by atoms with E-state index in [0.717, 1.165) is 12.1 Å². The molecule has 0 heterocycles. The Hall–Kier alpha value is -2.23. The Morgan fingerprint density at radius 1 is 1.08 bits per heavy atom. The molecule has 0 aliphatic rings. The van der Waals surface area contributed by atoms with Crippen LogP contribution in [0, 0.1) is 15.9 Å². The minimum absolute atomic E-state index is 0.0683. The standard InChI is InChI=1S/C16H20BrFN2O6/c1-15(2,3)25-13(21)19(14(22)26-16(4,5)6)12-10(18)7-9(17)8-11(12)20(23)24/h7-8H,1-6H3. The van der Waals surface area contributed by atoms with Gasteiger partial charge in [-0.2, -0.15) is 4.90 Å². The fraction of sp³-hybridized carbons (Fsp3) is 0.500. The predicted octanol–water partition coefficient (Wildman–Crippen LogP) is 5.17. The largest absolute Gasteiger partial charge is 0.443 e. The fourth-order valence-electron chi connectivity index (χ4n) is 1.79. The summed E-state index contributed by atoms with van der Waals surface area (Å²) in [6, 6.07) is 1.87. The van der Waals surface area contributed by atoms with Crippen LogP contribution in [0.2, 0.25) is 0 Å². The van der Waals surface area contributed by atoms with Crippen molar-refractivity contribution in [2.75, 3.05) is 4.90 Å². The average Bonchev–Trinajstić information content (AvgIpc) is 2.36. The van der Waals surface area contributed by atoms with Crippen LogP contribution in [0.4, 0.5) is 25.4 Å². The van der Waals surface area contributed by atoms with Gasteiger partial charge in [-0.15, -0.1) is 0 Å². The Kier molecular flexibility index (Phi) is 6.35. The van der Waals surface area contributed by atoms with E-state index >= 15 is 0 Å². The number of halogens is 2. The van der Waals surface area contributed by atoms with Crippen LogP contribution in [0.3, 0.4) is 0 Å². The molecular weight excluding hydrogens is 415 g/mol. The second kappa shape index (κ2) is 7.56. The van der Waals surface area contributed by atoms with E-state index in [1.54, 1.807) is 0 Å². The highest BCUT2D eigenvalue weighted by molar-refractivity contribution is 9.10. The predicted molar refractivity (Wildman–Crippen MR) is 95.7 cm³/mol. The highest BCUT2D eigenvalue weighted by atomic mass is 79.9. The molecular formula is C16H20BrFN2O6. The van der Waals surface area contributed by atoms with Gasteiger partial charge in [0, 0.05) is 10.5 Å². The number of ether oxygens (including phenoxy) is 2. The van der Waals surface area contributed by atoms with Gasteiger partial charge in [-0.3, -0.25) is 10.1 Å². The Morgan fingerprint density at radius 3 is 1.85 bits per heavy atom. The summed E-state index contributed by atoms with van der Waals surface area (Å²) in [5, 5.41) is 11.3. The van der Waals surface area contributed by atoms with E-state index in [1.165, 1.54) is 41.5 Å². The van der Waals surface area contributed by atoms with Crippen molar-refractivity contribution in [1.29, 1.82) is 0 Å². The first-order valence-corrected chi connectivity index (χ1v) is 8.31. The molecule has 0 aliphatic carbocycles. The van der Waals surface area contributed by atoms with Crippen molar-refractivity contribution in [3.63, 3.8) is 0 Å². The third-order valence-corrected chi connectivity index (χ3v) is 3.04. The van der Waals surface area contributed by atoms with Gasteiger partial charge in [-0.25, -0.2) is 14.0 Å². The summed E-state index contributed by atoms with van der Waals surface area (Å²) in [6.45, 7) is 9.19. The van der Waals surface area contributed by atoms with Crippen LogP contribution in [-0.2, 0) is 9.47 Å². The lowest BCUT2D eigenvalue weighted by Crippen LogP contribution is -2.44. The summed E-state index contributed by atoms with van der Waals surface area (Å²) in [4.78, 5) is 35.6. The molecule has 0 atom stereocenters. The lowest BCUT2D eigenvalue weighted by molar-refractivity contribution is -0.384. The maximum absolute atomic E-state index is 14.5. The molecule has 0 unspecified atom stereocenters. The third kappa shape index (κ3) is 5.94. The van der Waals surface area contributed by atoms with Gasteiger partial charge < -0.3 is 9.47 Å². The van der Waals surface area contributed by atoms with Crippen molar-refractivity contribution in [2.45, 2.75) is 52.7 Å². The van der Waals surface area contributed by atoms with E-state index in [9.17, 15) is 24.1 Å². The number of hydrogen-bond donors (Lipinski definition) is 0. The number of amides is 2. The normalized spacial score (nSPS) is 11.7. The molecule has 2 amide bonds. The van der Waals surface area contributed by atoms with Crippen molar-refractivity contribution in [3.8, 4) is 0 Å². The zero-order valence-electron chi connectivity index (χ0n) is 15.3. The summed E-state index contributed by atoms with van der Waals surface area (Å²) in [5.41, 5.74) is -3.72. The van der Waals surface area contributed by atoms with Crippen LogP contribution in [0.25, 0.3) is 0 Å². The van der Waals surface area contributed by atoms with Gasteiger partial charge in [0.1, 0.15) is 11.2 Å². The van der Waals surface area contributed by atoms with Gasteiger partial charge in [-0.1, -0.05) is 15.9 Å². The minimum atomic E-state index is -1.30. The molecule has 0 saturated carbocycles. The summed E-state index contributed by atoms with van der Waals surface area (Å²) >= 11 is 2.94. The molecule has 10 heteroatoms. The number of benzene rings is 1. The molecule has 1 aromatic carbocycles. The Bertz CT molecular complexity index is 711. The summed E-state index contributed by atoms with van der Waals surface area (Å²) in [5.74, 6) is -1.16. The molecule has 1 aromatic rings. The third-order valence-electron chi connectivity index (χ3n) is 2.58. The summed E-state index contributed by atoms with van der Waals surface area (Å²) in [7, 11) is 0. The van der Waals surface area contributed by atoms with Crippen molar-refractivity contribution in [2.24, 2.45) is 0 Å². The van der Waals surface area contributed by atoms with Crippen molar-refractivity contribution >= 4 is 39.5 Å². The number of imide groups is 1. The van der Waals surface area contributed by atoms with Gasteiger partial charge >= 0.3 is 12.2 Å². The highest BCUT2D eigenvalue weighted by Crippen LogP contribution is 2.36. The van der Waals surface area contributed by atoms with Gasteiger partial charge in [0.15, 0.2) is 11.5 Å². The van der Waals surface area contributed by atoms with Crippen molar-refractivity contribution in [1.82, 2.24) is 0 Å². The van der Waals surface area contributed by atoms with E-state index in [0.29, 0.717) is 0 Å². The molecule has 0 aromatic heterocycles. The molecule has 0 fully saturated rings. The van der Waals surface area contributed by atoms with E-state index in [1.807, 2.05) is 0 Å². The van der Waals surface area contributed by atoms with Crippen molar-refractivity contribution in [3.05, 3.63) is 32.5 Å². The number of carbonyl (C=O) groups is 2. The van der Waals surface area contributed by atoms with Crippen molar-refractivity contribution < 1.29 is 28.4 Å². The van der Waals surface area contributed by atoms with Crippen LogP contribution < -0.4 is 4.90 Å². The first-order chi connectivity index (χ1) is 11.6. The van der Waals surface area contributed by atoms with E-state index < -0.39 is 45.5 Å². The molecule has 1 rings (SSSR count). The van der Waals surface area contributed by atoms with Crippen LogP contribution in [0.15, 0.2) is 16.6 Å². The Balaban J connectivity index is 3.58. The quantitative estimate of drug-likeness (QED) is 0.469. The molecule has 0 saturated heterocycles. The van der Waals surface area contributed by atoms with Crippen LogP contribution in [0.1, 0.15) is 41.5 Å². The lowest BCUT2D eigenvalue weighted by atomic mass is 10.2. The fourth-order valence-corrected chi connectivity index (χ4v) is 2.20. The summed E-state index contributed by atoms with van der Waals surface area (Å²) < 4.78 is 24.8. The van der Waals surface area contributed by atoms with Gasteiger partial charge in [0.05, 0.1) is 4.92 Å². The molecule has 8 nitrogen and oxygen atoms in total. The number of nitrogens with zero attached hydrogens (tertiary/aromatic N) is 2. The number of anilines is 1. The number of carbonyl (C=O) groups excluding carboxylic acids is 2. The number of hydrogen-bond acceptors (Lipinski definition) is 6. The highest BCUT2D eigenvalue weighted by Gasteiger charge is 2.39. The lowest BCUT2D eigenvalue weighted by Gasteiger charge is -2.28. The smallest absolute Gasteiger partial charge is 0.424 e. The van der Waals surface area contributed by atoms with Gasteiger partial charge in [-0.05, 0) is 47.6 Å². The van der Waals surface area contributed by atoms with E-state index in [-0.39, 0.29) is 9.37 Å². The maximum atomic E-state index is 14.5. The second-order valence-corrected chi connectivity index (χ2v) is 8.22. The van der Waals surface area contributed by atoms with E-state index in [2.05, 4.69) is 15.9 Å². The Labute approximate surface area is 158 Å². The van der Waals surface area contributed by atoms with Crippen LogP contribution in [0.5, 0.6) is 0 Å². The zero-order chi connectivity index (χ0) is 20.4. The van der Waals surface area contributed by atoms with Crippen LogP contribution >= 0.6 is 15.9 Å². The maximum Gasteiger partial charge on any atom is 0.424 e. The molecule has 0 aliphatic heterocycles. The first-order valence-electron chi connectivity index (χ1n) is 7.52. The second-order valence-electron chi connectivity index (χ2n) is 7.31. The van der Waals surface area contributed by atoms with Gasteiger partial charge in [0.25, 0.3) is 5.69 Å². The summed E-state index contributed by atoms with van der Waals surface area (Å²) in [6.07, 6.45) is -2.59. The monoisotopic (exact) mass is 434 g/mol. The minimum Gasteiger partial charge on any atom is -0.443 e. The molecule has 144 valence electrons. The topological polar surface area (TPSA) is 99.0 Å². The average molecular weight is 435 g/mol. The van der Waals surface area contributed by atoms with Gasteiger partial charge in [0.2, 0.25) is 0 Å². The molecule has 26 heavy (non-hydrogen) atoms. The molecule has 0 bridgehead atoms. The number of nitro groups is 1. The molecule has 0 spiro atoms.